The fourth-order valence-corrected chi connectivity index (χ4v) is 9.56. The summed E-state index contributed by atoms with van der Waals surface area (Å²) in [7, 11) is -1.00. The van der Waals surface area contributed by atoms with Gasteiger partial charge in [-0.1, -0.05) is 122 Å². The molecule has 4 aromatic rings. The summed E-state index contributed by atoms with van der Waals surface area (Å²) in [5.74, 6) is 1.74. The number of aryl methyl sites for hydroxylation is 1. The number of carbonyl (C=O) groups is 2. The van der Waals surface area contributed by atoms with Crippen LogP contribution in [-0.4, -0.2) is 84.8 Å². The summed E-state index contributed by atoms with van der Waals surface area (Å²) in [5.41, 5.74) is 5.21. The van der Waals surface area contributed by atoms with Crippen LogP contribution >= 0.6 is 34.8 Å². The maximum atomic E-state index is 15.6. The molecular weight excluding hydrogens is 887 g/mol. The Kier molecular flexibility index (Phi) is 13.8. The first-order valence-electron chi connectivity index (χ1n) is 20.9. The number of aliphatic hydroxyl groups excluding tert-OH is 1. The van der Waals surface area contributed by atoms with Gasteiger partial charge in [0.2, 0.25) is 16.5 Å². The first-order chi connectivity index (χ1) is 29.8. The third-order valence-corrected chi connectivity index (χ3v) is 17.4. The van der Waals surface area contributed by atoms with Crippen LogP contribution < -0.4 is 23.7 Å². The van der Waals surface area contributed by atoms with Gasteiger partial charge in [0.1, 0.15) is 31.6 Å². The fraction of sp³-hybridized carbons (Fsp3) is 0.447. The Labute approximate surface area is 385 Å². The van der Waals surface area contributed by atoms with Crippen LogP contribution in [0.2, 0.25) is 18.1 Å². The lowest BCUT2D eigenvalue weighted by Crippen LogP contribution is -2.69. The molecule has 4 atom stereocenters. The van der Waals surface area contributed by atoms with Gasteiger partial charge in [-0.2, -0.15) is 0 Å². The minimum Gasteiger partial charge on any atom is -0.493 e. The third kappa shape index (κ3) is 9.55. The number of carbonyl (C=O) groups excluding carboxylic acids is 2. The number of benzene rings is 4. The van der Waals surface area contributed by atoms with Gasteiger partial charge in [-0.3, -0.25) is 9.69 Å². The maximum Gasteiger partial charge on any atom is 0.411 e. The van der Waals surface area contributed by atoms with Crippen LogP contribution in [0.3, 0.4) is 0 Å². The number of halogens is 3. The quantitative estimate of drug-likeness (QED) is 0.0965. The summed E-state index contributed by atoms with van der Waals surface area (Å²) in [4.78, 5) is 33.3. The number of methoxy groups -OCH3 is 1. The lowest BCUT2D eigenvalue weighted by atomic mass is 9.78. The molecule has 1 N–H and O–H groups in total. The van der Waals surface area contributed by atoms with Crippen molar-refractivity contribution in [2.24, 2.45) is 0 Å². The van der Waals surface area contributed by atoms with Crippen LogP contribution in [0.5, 0.6) is 28.7 Å². The Morgan fingerprint density at radius 1 is 0.921 bits per heavy atom. The lowest BCUT2D eigenvalue weighted by Gasteiger charge is -2.56. The monoisotopic (exact) mass is 940 g/mol. The Morgan fingerprint density at radius 3 is 2.13 bits per heavy atom. The first-order valence-corrected chi connectivity index (χ1v) is 24.9. The Balaban J connectivity index is 1.43. The van der Waals surface area contributed by atoms with Crippen LogP contribution in [-0.2, 0) is 33.6 Å². The molecule has 1 unspecified atom stereocenters. The molecule has 3 aliphatic rings. The summed E-state index contributed by atoms with van der Waals surface area (Å²) in [5, 5.41) is 11.4. The molecule has 1 saturated heterocycles. The Morgan fingerprint density at radius 2 is 1.54 bits per heavy atom. The van der Waals surface area contributed by atoms with Crippen LogP contribution in [0.4, 0.5) is 4.79 Å². The van der Waals surface area contributed by atoms with Crippen molar-refractivity contribution in [1.29, 1.82) is 0 Å². The molecule has 63 heavy (non-hydrogen) atoms. The van der Waals surface area contributed by atoms with E-state index < -0.39 is 61.5 Å². The van der Waals surface area contributed by atoms with Gasteiger partial charge < -0.3 is 42.9 Å². The molecule has 16 heteroatoms. The number of nitrogens with zero attached hydrogens (tertiary/aromatic N) is 2. The fourth-order valence-electron chi connectivity index (χ4n) is 8.38. The zero-order valence-electron chi connectivity index (χ0n) is 36.8. The number of hydrogen-bond acceptors (Lipinski definition) is 10. The summed E-state index contributed by atoms with van der Waals surface area (Å²) in [6, 6.07) is 19.1. The highest BCUT2D eigenvalue weighted by molar-refractivity contribution is 6.74. The van der Waals surface area contributed by atoms with Crippen LogP contribution in [0, 0.1) is 13.8 Å². The molecule has 3 heterocycles. The highest BCUT2D eigenvalue weighted by Gasteiger charge is 2.57. The second-order valence-corrected chi connectivity index (χ2v) is 25.0. The molecule has 12 nitrogen and oxygen atoms in total. The summed E-state index contributed by atoms with van der Waals surface area (Å²) >= 11 is 18.4. The van der Waals surface area contributed by atoms with Crippen LogP contribution in [0.15, 0.2) is 72.8 Å². The summed E-state index contributed by atoms with van der Waals surface area (Å²) in [6.45, 7) is 13.6. The average Bonchev–Trinajstić information content (AvgIpc) is 3.74. The number of aliphatic hydroxyl groups is 1. The van der Waals surface area contributed by atoms with Gasteiger partial charge in [0.05, 0.1) is 38.4 Å². The van der Waals surface area contributed by atoms with E-state index in [9.17, 15) is 9.90 Å². The van der Waals surface area contributed by atoms with E-state index in [0.29, 0.717) is 45.4 Å². The highest BCUT2D eigenvalue weighted by atomic mass is 35.6. The van der Waals surface area contributed by atoms with Gasteiger partial charge in [-0.15, -0.1) is 0 Å². The number of hydrogen-bond donors (Lipinski definition) is 1. The SMILES string of the molecule is COc1c(C)cc2c(c1OCc1ccccc1)[C@H]1[C@H](CO[Si](C)(C)C(C)(C)C)N([C@@H](CO)c3cc(OCc4ccccc4)c(C)c4c3OCO4)C(=O)C(C2)N1C(=O)OCC(Cl)(Cl)Cl. The van der Waals surface area contributed by atoms with E-state index in [1.807, 2.05) is 80.6 Å². The Bertz CT molecular complexity index is 2310. The smallest absolute Gasteiger partial charge is 0.411 e. The van der Waals surface area contributed by atoms with Crippen molar-refractivity contribution in [2.45, 2.75) is 100 Å². The van der Waals surface area contributed by atoms with Crippen LogP contribution in [0.25, 0.3) is 0 Å². The second kappa shape index (κ2) is 18.6. The van der Waals surface area contributed by atoms with Gasteiger partial charge in [-0.05, 0) is 60.3 Å². The Hall–Kier alpha value is -4.37. The third-order valence-electron chi connectivity index (χ3n) is 12.5. The largest absolute Gasteiger partial charge is 0.493 e. The van der Waals surface area contributed by atoms with E-state index in [-0.39, 0.29) is 38.1 Å². The van der Waals surface area contributed by atoms with Gasteiger partial charge in [0, 0.05) is 23.1 Å². The van der Waals surface area contributed by atoms with Crippen molar-refractivity contribution in [3.63, 3.8) is 0 Å². The topological polar surface area (TPSA) is 125 Å². The zero-order valence-corrected chi connectivity index (χ0v) is 40.1. The molecule has 0 saturated carbocycles. The molecular formula is C47H55Cl3N2O10Si. The van der Waals surface area contributed by atoms with E-state index in [2.05, 4.69) is 33.9 Å². The molecule has 7 rings (SSSR count). The average molecular weight is 942 g/mol. The van der Waals surface area contributed by atoms with E-state index in [4.69, 9.17) is 67.7 Å². The number of ether oxygens (including phenoxy) is 6. The standard InChI is InChI=1S/C47H55Cl3N2O10Si/c1-28-19-32-20-34-44(54)51(35(22-53)33-21-37(29(2)41-42(33)61-27-60-41)57-23-30-15-11-9-12-16-30)36(25-62-63(7,8)46(3,4)5)39(52(34)45(55)59-26-47(48,49)50)38(32)43(40(28)56-6)58-24-31-17-13-10-14-18-31/h9-19,21,34-36,39,53H,20,22-27H2,1-8H3/t34?,35-,36-,39+/m0/s1. The number of rotatable bonds is 14. The zero-order chi connectivity index (χ0) is 45.4. The van der Waals surface area contributed by atoms with Crippen molar-refractivity contribution in [3.8, 4) is 28.7 Å². The highest BCUT2D eigenvalue weighted by Crippen LogP contribution is 2.54. The van der Waals surface area contributed by atoms with Gasteiger partial charge in [0.25, 0.3) is 0 Å². The first kappa shape index (κ1) is 46.6. The molecule has 2 amide bonds. The van der Waals surface area contributed by atoms with Crippen molar-refractivity contribution >= 4 is 55.1 Å². The van der Waals surface area contributed by atoms with Crippen molar-refractivity contribution in [3.05, 3.63) is 112 Å². The molecule has 3 aliphatic heterocycles. The molecule has 0 aromatic heterocycles. The summed E-state index contributed by atoms with van der Waals surface area (Å²) < 4.78 is 42.2. The molecule has 338 valence electrons. The maximum absolute atomic E-state index is 15.6. The van der Waals surface area contributed by atoms with Gasteiger partial charge in [0.15, 0.2) is 31.3 Å². The molecule has 4 aromatic carbocycles. The van der Waals surface area contributed by atoms with E-state index in [0.717, 1.165) is 22.3 Å². The molecule has 0 radical (unpaired) electrons. The molecule has 1 fully saturated rings. The minimum atomic E-state index is -2.57. The minimum absolute atomic E-state index is 0.0408. The predicted molar refractivity (Wildman–Crippen MR) is 244 cm³/mol. The molecule has 0 aliphatic carbocycles. The van der Waals surface area contributed by atoms with Crippen molar-refractivity contribution < 1.29 is 47.5 Å². The second-order valence-electron chi connectivity index (χ2n) is 17.7. The number of piperazine rings is 1. The van der Waals surface area contributed by atoms with Gasteiger partial charge >= 0.3 is 6.09 Å². The number of alkyl halides is 3. The van der Waals surface area contributed by atoms with Crippen molar-refractivity contribution in [2.75, 3.05) is 33.7 Å². The van der Waals surface area contributed by atoms with E-state index in [1.54, 1.807) is 18.1 Å². The van der Waals surface area contributed by atoms with E-state index in [1.165, 1.54) is 4.90 Å². The lowest BCUT2D eigenvalue weighted by molar-refractivity contribution is -0.159. The predicted octanol–water partition coefficient (Wildman–Crippen LogP) is 9.94. The van der Waals surface area contributed by atoms with Crippen molar-refractivity contribution in [1.82, 2.24) is 9.80 Å². The number of amides is 2. The summed E-state index contributed by atoms with van der Waals surface area (Å²) in [6.07, 6.45) is -0.798. The molecule has 2 bridgehead atoms. The normalized spacial score (nSPS) is 18.8. The van der Waals surface area contributed by atoms with Crippen LogP contribution in [0.1, 0.15) is 71.8 Å². The number of fused-ring (bicyclic) bond motifs is 5. The molecule has 0 spiro atoms. The van der Waals surface area contributed by atoms with E-state index >= 15 is 4.79 Å². The van der Waals surface area contributed by atoms with Gasteiger partial charge in [-0.25, -0.2) is 4.79 Å².